The molecule has 0 spiro atoms. The topological polar surface area (TPSA) is 65.6 Å². The first-order valence-corrected chi connectivity index (χ1v) is 9.40. The zero-order chi connectivity index (χ0) is 18.3. The lowest BCUT2D eigenvalue weighted by atomic mass is 9.77. The molecular weight excluding hydrogens is 328 g/mol. The summed E-state index contributed by atoms with van der Waals surface area (Å²) in [5, 5.41) is 11.0. The molecule has 1 fully saturated rings. The molecule has 3 unspecified atom stereocenters. The van der Waals surface area contributed by atoms with E-state index in [2.05, 4.69) is 22.5 Å². The summed E-state index contributed by atoms with van der Waals surface area (Å²) in [6.07, 6.45) is 4.96. The van der Waals surface area contributed by atoms with Crippen molar-refractivity contribution in [2.45, 2.75) is 32.2 Å². The fourth-order valence-corrected chi connectivity index (χ4v) is 4.72. The minimum atomic E-state index is -0.215. The molecule has 2 aromatic rings. The first-order chi connectivity index (χ1) is 12.6. The van der Waals surface area contributed by atoms with Crippen LogP contribution in [-0.2, 0) is 16.0 Å². The quantitative estimate of drug-likeness (QED) is 0.651. The van der Waals surface area contributed by atoms with Crippen molar-refractivity contribution < 1.29 is 14.6 Å². The minimum absolute atomic E-state index is 0.215. The molecular formula is C21H26N2O3. The molecule has 3 heterocycles. The average Bonchev–Trinajstić information content (AvgIpc) is 2.99. The van der Waals surface area contributed by atoms with E-state index in [1.165, 1.54) is 18.2 Å². The van der Waals surface area contributed by atoms with Gasteiger partial charge in [0.25, 0.3) is 0 Å². The van der Waals surface area contributed by atoms with Crippen molar-refractivity contribution in [2.24, 2.45) is 11.8 Å². The summed E-state index contributed by atoms with van der Waals surface area (Å²) in [7, 11) is 0. The Balaban J connectivity index is 1.61. The van der Waals surface area contributed by atoms with Crippen molar-refractivity contribution in [1.82, 2.24) is 9.88 Å². The smallest absolute Gasteiger partial charge is 0.302 e. The van der Waals surface area contributed by atoms with E-state index >= 15 is 0 Å². The number of fused-ring (bicyclic) bond motifs is 5. The van der Waals surface area contributed by atoms with Gasteiger partial charge in [0.2, 0.25) is 0 Å². The highest BCUT2D eigenvalue weighted by molar-refractivity contribution is 5.86. The van der Waals surface area contributed by atoms with E-state index in [0.29, 0.717) is 30.2 Å². The van der Waals surface area contributed by atoms with Crippen LogP contribution in [0.25, 0.3) is 10.9 Å². The summed E-state index contributed by atoms with van der Waals surface area (Å²) in [6.45, 7) is 8.00. The Labute approximate surface area is 153 Å². The second kappa shape index (κ2) is 6.80. The Morgan fingerprint density at radius 2 is 2.35 bits per heavy atom. The van der Waals surface area contributed by atoms with Crippen LogP contribution < -0.4 is 0 Å². The molecule has 26 heavy (non-hydrogen) atoms. The number of piperidine rings is 1. The van der Waals surface area contributed by atoms with Crippen LogP contribution in [0.4, 0.5) is 0 Å². The molecule has 0 amide bonds. The van der Waals surface area contributed by atoms with E-state index in [9.17, 15) is 9.90 Å². The number of aromatic nitrogens is 1. The lowest BCUT2D eigenvalue weighted by Gasteiger charge is -2.45. The van der Waals surface area contributed by atoms with Crippen LogP contribution in [0.5, 0.6) is 5.75 Å². The second-order valence-corrected chi connectivity index (χ2v) is 7.53. The maximum absolute atomic E-state index is 11.1. The van der Waals surface area contributed by atoms with Gasteiger partial charge in [-0.2, -0.15) is 0 Å². The lowest BCUT2D eigenvalue weighted by Crippen LogP contribution is -2.45. The largest absolute Gasteiger partial charge is 0.508 e. The van der Waals surface area contributed by atoms with Crippen molar-refractivity contribution in [1.29, 1.82) is 0 Å². The van der Waals surface area contributed by atoms with E-state index in [4.69, 9.17) is 4.74 Å². The summed E-state index contributed by atoms with van der Waals surface area (Å²) in [6, 6.07) is 5.92. The number of rotatable bonds is 4. The van der Waals surface area contributed by atoms with Crippen LogP contribution >= 0.6 is 0 Å². The predicted octanol–water partition coefficient (Wildman–Crippen LogP) is 3.55. The highest BCUT2D eigenvalue weighted by Crippen LogP contribution is 2.44. The van der Waals surface area contributed by atoms with Gasteiger partial charge in [0.05, 0.1) is 12.6 Å². The molecule has 0 bridgehead atoms. The molecule has 138 valence electrons. The number of hydrogen-bond acceptors (Lipinski definition) is 4. The van der Waals surface area contributed by atoms with Gasteiger partial charge in [-0.25, -0.2) is 0 Å². The summed E-state index contributed by atoms with van der Waals surface area (Å²) in [5.74, 6) is 0.986. The number of phenolic OH excluding ortho intramolecular Hbond substituents is 1. The van der Waals surface area contributed by atoms with Crippen molar-refractivity contribution >= 4 is 16.9 Å². The molecule has 5 heteroatoms. The molecule has 2 N–H and O–H groups in total. The summed E-state index contributed by atoms with van der Waals surface area (Å²) in [5.41, 5.74) is 3.72. The first kappa shape index (κ1) is 17.2. The molecule has 0 radical (unpaired) electrons. The Bertz CT molecular complexity index is 841. The molecule has 5 nitrogen and oxygen atoms in total. The number of H-pyrrole nitrogens is 1. The fourth-order valence-electron chi connectivity index (χ4n) is 4.72. The number of nitrogens with one attached hydrogen (secondary N) is 1. The van der Waals surface area contributed by atoms with Crippen LogP contribution in [0, 0.1) is 11.8 Å². The standard InChI is InChI=1S/C21H26N2O3/c1-3-14-12-23-8-6-17-18-11-16(25)4-5-19(18)22-21(17)20(23)10-15(14)7-9-26-13(2)24/h3-5,11,14-15,20,22,25H,1,6-10,12H2,2H3. The van der Waals surface area contributed by atoms with Gasteiger partial charge < -0.3 is 14.8 Å². The van der Waals surface area contributed by atoms with Gasteiger partial charge in [0.1, 0.15) is 5.75 Å². The number of phenols is 1. The third-order valence-electron chi connectivity index (χ3n) is 6.02. The van der Waals surface area contributed by atoms with E-state index in [0.717, 1.165) is 43.3 Å². The summed E-state index contributed by atoms with van der Waals surface area (Å²) >= 11 is 0. The van der Waals surface area contributed by atoms with E-state index < -0.39 is 0 Å². The molecule has 2 aliphatic rings. The van der Waals surface area contributed by atoms with Crippen LogP contribution in [0.1, 0.15) is 37.1 Å². The molecule has 0 saturated carbocycles. The normalized spacial score (nSPS) is 25.5. The van der Waals surface area contributed by atoms with Crippen molar-refractivity contribution in [3.8, 4) is 5.75 Å². The van der Waals surface area contributed by atoms with Crippen molar-refractivity contribution in [3.05, 3.63) is 42.1 Å². The number of aromatic hydroxyl groups is 1. The van der Waals surface area contributed by atoms with Crippen molar-refractivity contribution in [2.75, 3.05) is 19.7 Å². The number of esters is 1. The lowest BCUT2D eigenvalue weighted by molar-refractivity contribution is -0.141. The predicted molar refractivity (Wildman–Crippen MR) is 101 cm³/mol. The van der Waals surface area contributed by atoms with E-state index in [-0.39, 0.29) is 5.97 Å². The maximum atomic E-state index is 11.1. The van der Waals surface area contributed by atoms with E-state index in [1.54, 1.807) is 6.07 Å². The molecule has 4 rings (SSSR count). The third kappa shape index (κ3) is 3.01. The van der Waals surface area contributed by atoms with Gasteiger partial charge in [-0.3, -0.25) is 9.69 Å². The van der Waals surface area contributed by atoms with Crippen LogP contribution in [0.15, 0.2) is 30.9 Å². The van der Waals surface area contributed by atoms with Gasteiger partial charge >= 0.3 is 5.97 Å². The fraction of sp³-hybridized carbons (Fsp3) is 0.476. The monoisotopic (exact) mass is 354 g/mol. The number of carbonyl (C=O) groups is 1. The number of carbonyl (C=O) groups excluding carboxylic acids is 1. The molecule has 1 saturated heterocycles. The van der Waals surface area contributed by atoms with Gasteiger partial charge in [0.15, 0.2) is 0 Å². The Morgan fingerprint density at radius 1 is 1.50 bits per heavy atom. The van der Waals surface area contributed by atoms with Gasteiger partial charge in [0, 0.05) is 36.6 Å². The number of ether oxygens (including phenoxy) is 1. The number of aromatic amines is 1. The number of hydrogen-bond donors (Lipinski definition) is 2. The van der Waals surface area contributed by atoms with Crippen LogP contribution in [0.3, 0.4) is 0 Å². The summed E-state index contributed by atoms with van der Waals surface area (Å²) < 4.78 is 5.18. The van der Waals surface area contributed by atoms with Gasteiger partial charge in [-0.05, 0) is 54.9 Å². The highest BCUT2D eigenvalue weighted by Gasteiger charge is 2.39. The third-order valence-corrected chi connectivity index (χ3v) is 6.02. The molecule has 0 aliphatic carbocycles. The molecule has 1 aromatic heterocycles. The molecule has 1 aromatic carbocycles. The Kier molecular flexibility index (Phi) is 4.49. The Hall–Kier alpha value is -2.27. The van der Waals surface area contributed by atoms with Crippen LogP contribution in [-0.4, -0.2) is 40.7 Å². The Morgan fingerprint density at radius 3 is 3.12 bits per heavy atom. The highest BCUT2D eigenvalue weighted by atomic mass is 16.5. The van der Waals surface area contributed by atoms with Gasteiger partial charge in [-0.15, -0.1) is 6.58 Å². The van der Waals surface area contributed by atoms with E-state index in [1.807, 2.05) is 12.1 Å². The zero-order valence-corrected chi connectivity index (χ0v) is 15.2. The number of nitrogens with zero attached hydrogens (tertiary/aromatic N) is 1. The summed E-state index contributed by atoms with van der Waals surface area (Å²) in [4.78, 5) is 17.2. The van der Waals surface area contributed by atoms with Crippen molar-refractivity contribution in [3.63, 3.8) is 0 Å². The zero-order valence-electron chi connectivity index (χ0n) is 15.2. The average molecular weight is 354 g/mol. The maximum Gasteiger partial charge on any atom is 0.302 e. The first-order valence-electron chi connectivity index (χ1n) is 9.40. The minimum Gasteiger partial charge on any atom is -0.508 e. The molecule has 3 atom stereocenters. The molecule has 2 aliphatic heterocycles. The number of benzene rings is 1. The SMILES string of the molecule is C=CC1CN2CCc3c([nH]c4ccc(O)cc34)C2CC1CCOC(C)=O. The van der Waals surface area contributed by atoms with Crippen LogP contribution in [0.2, 0.25) is 0 Å². The van der Waals surface area contributed by atoms with Gasteiger partial charge in [-0.1, -0.05) is 6.08 Å². The second-order valence-electron chi connectivity index (χ2n) is 7.53.